The third-order valence-corrected chi connectivity index (χ3v) is 5.25. The molecule has 0 bridgehead atoms. The fraction of sp³-hybridized carbons (Fsp3) is 0.222. The van der Waals surface area contributed by atoms with E-state index in [1.54, 1.807) is 24.3 Å². The minimum absolute atomic E-state index is 0.0647. The van der Waals surface area contributed by atoms with Crippen LogP contribution in [-0.4, -0.2) is 46.8 Å². The van der Waals surface area contributed by atoms with Gasteiger partial charge in [0.1, 0.15) is 12.4 Å². The van der Waals surface area contributed by atoms with Crippen LogP contribution in [0, 0.1) is 0 Å². The third kappa shape index (κ3) is 4.71. The average Bonchev–Trinajstić information content (AvgIpc) is 3.12. The van der Waals surface area contributed by atoms with Gasteiger partial charge in [0.2, 0.25) is 0 Å². The van der Waals surface area contributed by atoms with Crippen LogP contribution in [0.2, 0.25) is 0 Å². The highest BCUT2D eigenvalue weighted by molar-refractivity contribution is 7.92. The van der Waals surface area contributed by atoms with Gasteiger partial charge in [-0.2, -0.15) is 0 Å². The predicted molar refractivity (Wildman–Crippen MR) is 98.8 cm³/mol. The van der Waals surface area contributed by atoms with Crippen molar-refractivity contribution in [3.8, 4) is 5.75 Å². The number of sulfonamides is 1. The summed E-state index contributed by atoms with van der Waals surface area (Å²) in [6.45, 7) is 0.116. The van der Waals surface area contributed by atoms with Gasteiger partial charge in [-0.1, -0.05) is 6.07 Å². The number of methoxy groups -OCH3 is 1. The molecule has 1 heterocycles. The van der Waals surface area contributed by atoms with Gasteiger partial charge < -0.3 is 19.5 Å². The van der Waals surface area contributed by atoms with Gasteiger partial charge in [-0.3, -0.25) is 4.72 Å². The Kier molecular flexibility index (Phi) is 5.69. The lowest BCUT2D eigenvalue weighted by Gasteiger charge is -2.11. The molecule has 10 heteroatoms. The number of carbonyl (C=O) groups is 2. The molecule has 28 heavy (non-hydrogen) atoms. The van der Waals surface area contributed by atoms with Gasteiger partial charge in [-0.05, 0) is 42.5 Å². The monoisotopic (exact) mass is 406 g/mol. The predicted octanol–water partition coefficient (Wildman–Crippen LogP) is 1.76. The molecule has 1 amide bonds. The first kappa shape index (κ1) is 19.5. The zero-order valence-electron chi connectivity index (χ0n) is 14.9. The number of esters is 1. The lowest BCUT2D eigenvalue weighted by Crippen LogP contribution is -2.22. The molecule has 2 aromatic carbocycles. The number of carbonyl (C=O) groups excluding carboxylic acids is 2. The average molecular weight is 406 g/mol. The maximum atomic E-state index is 12.6. The number of alkyl carbamates (subject to hydrolysis) is 1. The van der Waals surface area contributed by atoms with Gasteiger partial charge in [0.25, 0.3) is 10.0 Å². The van der Waals surface area contributed by atoms with Gasteiger partial charge >= 0.3 is 12.1 Å². The molecule has 9 nitrogen and oxygen atoms in total. The van der Waals surface area contributed by atoms with Gasteiger partial charge in [-0.25, -0.2) is 18.0 Å². The zero-order valence-corrected chi connectivity index (χ0v) is 15.7. The fourth-order valence-electron chi connectivity index (χ4n) is 2.44. The van der Waals surface area contributed by atoms with Crippen molar-refractivity contribution in [2.24, 2.45) is 0 Å². The number of hydrogen-bond donors (Lipinski definition) is 2. The van der Waals surface area contributed by atoms with Crippen LogP contribution in [0.15, 0.2) is 53.4 Å². The second-order valence-corrected chi connectivity index (χ2v) is 7.55. The van der Waals surface area contributed by atoms with Gasteiger partial charge in [0.15, 0.2) is 6.10 Å². The molecular formula is C18H18N2O7S. The van der Waals surface area contributed by atoms with Crippen LogP contribution >= 0.6 is 0 Å². The van der Waals surface area contributed by atoms with E-state index in [4.69, 9.17) is 14.2 Å². The van der Waals surface area contributed by atoms with Crippen molar-refractivity contribution in [1.29, 1.82) is 0 Å². The second kappa shape index (κ2) is 8.17. The first-order valence-corrected chi connectivity index (χ1v) is 9.74. The van der Waals surface area contributed by atoms with Crippen molar-refractivity contribution in [2.75, 3.05) is 25.0 Å². The number of ether oxygens (including phenoxy) is 3. The second-order valence-electron chi connectivity index (χ2n) is 5.87. The van der Waals surface area contributed by atoms with E-state index < -0.39 is 28.2 Å². The molecule has 0 aliphatic carbocycles. The van der Waals surface area contributed by atoms with Crippen molar-refractivity contribution < 1.29 is 32.2 Å². The Morgan fingerprint density at radius 3 is 2.64 bits per heavy atom. The largest absolute Gasteiger partial charge is 0.497 e. The van der Waals surface area contributed by atoms with Gasteiger partial charge in [-0.15, -0.1) is 0 Å². The minimum Gasteiger partial charge on any atom is -0.497 e. The molecule has 0 saturated carbocycles. The molecule has 0 aromatic heterocycles. The van der Waals surface area contributed by atoms with Crippen molar-refractivity contribution in [3.05, 3.63) is 54.1 Å². The lowest BCUT2D eigenvalue weighted by atomic mass is 10.2. The highest BCUT2D eigenvalue weighted by Crippen LogP contribution is 2.20. The molecule has 3 rings (SSSR count). The maximum absolute atomic E-state index is 12.6. The zero-order chi connectivity index (χ0) is 20.1. The molecule has 1 fully saturated rings. The highest BCUT2D eigenvalue weighted by Gasteiger charge is 2.24. The lowest BCUT2D eigenvalue weighted by molar-refractivity contribution is 0.0300. The summed E-state index contributed by atoms with van der Waals surface area (Å²) in [6.07, 6.45) is -1.14. The summed E-state index contributed by atoms with van der Waals surface area (Å²) in [5, 5.41) is 2.44. The van der Waals surface area contributed by atoms with E-state index >= 15 is 0 Å². The van der Waals surface area contributed by atoms with E-state index in [9.17, 15) is 18.0 Å². The third-order valence-electron chi connectivity index (χ3n) is 3.87. The Hall–Kier alpha value is -3.27. The van der Waals surface area contributed by atoms with E-state index in [2.05, 4.69) is 10.0 Å². The molecule has 0 spiro atoms. The molecule has 0 radical (unpaired) electrons. The Balaban J connectivity index is 1.68. The van der Waals surface area contributed by atoms with Crippen LogP contribution in [0.1, 0.15) is 10.4 Å². The van der Waals surface area contributed by atoms with E-state index in [0.29, 0.717) is 11.4 Å². The van der Waals surface area contributed by atoms with Crippen molar-refractivity contribution >= 4 is 27.8 Å². The first-order chi connectivity index (χ1) is 13.4. The summed E-state index contributed by atoms with van der Waals surface area (Å²) in [5.74, 6) is -0.125. The van der Waals surface area contributed by atoms with Crippen LogP contribution in [0.4, 0.5) is 10.5 Å². The smallest absolute Gasteiger partial charge is 0.407 e. The highest BCUT2D eigenvalue weighted by atomic mass is 32.2. The van der Waals surface area contributed by atoms with Crippen LogP contribution in [0.25, 0.3) is 0 Å². The van der Waals surface area contributed by atoms with E-state index in [1.165, 1.54) is 31.4 Å². The summed E-state index contributed by atoms with van der Waals surface area (Å²) in [4.78, 5) is 23.0. The standard InChI is InChI=1S/C18H18N2O7S/c1-25-14-7-5-13(6-8-14)20-28(23,24)16-4-2-3-12(9-16)17(21)26-11-15-10-19-18(22)27-15/h2-9,15,20H,10-11H2,1H3,(H,19,22)/t15-/m0/s1. The summed E-state index contributed by atoms with van der Waals surface area (Å²) in [6, 6.07) is 11.8. The van der Waals surface area contributed by atoms with Crippen molar-refractivity contribution in [3.63, 3.8) is 0 Å². The Bertz CT molecular complexity index is 974. The maximum Gasteiger partial charge on any atom is 0.407 e. The summed E-state index contributed by atoms with van der Waals surface area (Å²) in [7, 11) is -2.39. The van der Waals surface area contributed by atoms with Crippen LogP contribution < -0.4 is 14.8 Å². The summed E-state index contributed by atoms with van der Waals surface area (Å²) < 4.78 is 42.6. The van der Waals surface area contributed by atoms with E-state index in [1.807, 2.05) is 0 Å². The molecule has 2 N–H and O–H groups in total. The van der Waals surface area contributed by atoms with Crippen molar-refractivity contribution in [1.82, 2.24) is 5.32 Å². The minimum atomic E-state index is -3.90. The van der Waals surface area contributed by atoms with Gasteiger partial charge in [0.05, 0.1) is 24.1 Å². The Labute approximate surface area is 161 Å². The number of hydrogen-bond acceptors (Lipinski definition) is 7. The summed E-state index contributed by atoms with van der Waals surface area (Å²) in [5.41, 5.74) is 0.416. The van der Waals surface area contributed by atoms with Crippen LogP contribution in [0.5, 0.6) is 5.75 Å². The topological polar surface area (TPSA) is 120 Å². The number of benzene rings is 2. The van der Waals surface area contributed by atoms with Crippen molar-refractivity contribution in [2.45, 2.75) is 11.0 Å². The quantitative estimate of drug-likeness (QED) is 0.672. The number of rotatable bonds is 7. The van der Waals surface area contributed by atoms with Gasteiger partial charge in [0, 0.05) is 5.69 Å². The number of anilines is 1. The first-order valence-electron chi connectivity index (χ1n) is 8.26. The Morgan fingerprint density at radius 2 is 2.00 bits per heavy atom. The molecule has 2 aromatic rings. The van der Waals surface area contributed by atoms with Crippen LogP contribution in [-0.2, 0) is 19.5 Å². The SMILES string of the molecule is COc1ccc(NS(=O)(=O)c2cccc(C(=O)OC[C@@H]3CNC(=O)O3)c2)cc1. The molecule has 1 aliphatic rings. The Morgan fingerprint density at radius 1 is 1.25 bits per heavy atom. The molecule has 1 aliphatic heterocycles. The normalized spacial score (nSPS) is 16.0. The molecular weight excluding hydrogens is 388 g/mol. The number of amides is 1. The molecule has 148 valence electrons. The number of nitrogens with one attached hydrogen (secondary N) is 2. The van der Waals surface area contributed by atoms with E-state index in [0.717, 1.165) is 0 Å². The van der Waals surface area contributed by atoms with E-state index in [-0.39, 0.29) is 23.6 Å². The summed E-state index contributed by atoms with van der Waals surface area (Å²) >= 11 is 0. The number of cyclic esters (lactones) is 1. The molecule has 1 saturated heterocycles. The molecule has 1 atom stereocenters. The molecule has 0 unspecified atom stereocenters. The fourth-order valence-corrected chi connectivity index (χ4v) is 3.54. The van der Waals surface area contributed by atoms with Crippen LogP contribution in [0.3, 0.4) is 0 Å².